The zero-order valence-corrected chi connectivity index (χ0v) is 17.0. The number of amides is 2. The maximum atomic E-state index is 12.2. The highest BCUT2D eigenvalue weighted by Gasteiger charge is 2.26. The Balaban J connectivity index is 1.88. The minimum Gasteiger partial charge on any atom is -0.473 e. The van der Waals surface area contributed by atoms with Gasteiger partial charge in [0.1, 0.15) is 5.75 Å². The molecule has 26 heavy (non-hydrogen) atoms. The van der Waals surface area contributed by atoms with Crippen LogP contribution in [0, 0.1) is 6.92 Å². The van der Waals surface area contributed by atoms with Crippen molar-refractivity contribution >= 4 is 16.1 Å². The molecule has 1 aliphatic rings. The number of hydrogen-bond acceptors (Lipinski definition) is 4. The molecule has 0 saturated carbocycles. The number of carbonyl (C=O) groups excluding carboxylic acids is 1. The maximum absolute atomic E-state index is 12.2. The molecule has 146 valence electrons. The molecule has 1 aromatic carbocycles. The lowest BCUT2D eigenvalue weighted by Gasteiger charge is -2.33. The van der Waals surface area contributed by atoms with Gasteiger partial charge in [-0.25, -0.2) is 13.2 Å². The van der Waals surface area contributed by atoms with E-state index in [1.54, 1.807) is 4.90 Å². The lowest BCUT2D eigenvalue weighted by molar-refractivity contribution is 0.162. The van der Waals surface area contributed by atoms with Crippen LogP contribution in [0.3, 0.4) is 0 Å². The summed E-state index contributed by atoms with van der Waals surface area (Å²) in [5, 5.41) is 2.74. The summed E-state index contributed by atoms with van der Waals surface area (Å²) in [6.45, 7) is 9.84. The van der Waals surface area contributed by atoms with E-state index in [-0.39, 0.29) is 18.2 Å². The summed E-state index contributed by atoms with van der Waals surface area (Å²) in [5.41, 5.74) is 2.19. The van der Waals surface area contributed by atoms with Crippen molar-refractivity contribution in [2.24, 2.45) is 0 Å². The van der Waals surface area contributed by atoms with Crippen molar-refractivity contribution < 1.29 is 17.9 Å². The molecule has 1 fully saturated rings. The summed E-state index contributed by atoms with van der Waals surface area (Å²) in [6.07, 6.45) is 1.19. The third-order valence-corrected chi connectivity index (χ3v) is 5.69. The number of benzene rings is 1. The Morgan fingerprint density at radius 3 is 2.35 bits per heavy atom. The number of piperazine rings is 1. The van der Waals surface area contributed by atoms with Gasteiger partial charge in [0.15, 0.2) is 6.73 Å². The Bertz CT molecular complexity index is 748. The van der Waals surface area contributed by atoms with Crippen LogP contribution in [0.1, 0.15) is 31.9 Å². The molecule has 0 spiro atoms. The lowest BCUT2D eigenvalue weighted by atomic mass is 9.85. The lowest BCUT2D eigenvalue weighted by Crippen LogP contribution is -2.53. The fourth-order valence-corrected chi connectivity index (χ4v) is 3.69. The fraction of sp³-hybridized carbons (Fsp3) is 0.611. The van der Waals surface area contributed by atoms with E-state index in [0.29, 0.717) is 26.2 Å². The Kier molecular flexibility index (Phi) is 6.18. The summed E-state index contributed by atoms with van der Waals surface area (Å²) in [7, 11) is -3.20. The normalized spacial score (nSPS) is 16.4. The van der Waals surface area contributed by atoms with E-state index in [0.717, 1.165) is 16.9 Å². The van der Waals surface area contributed by atoms with Gasteiger partial charge in [-0.15, -0.1) is 0 Å². The van der Waals surface area contributed by atoms with E-state index in [2.05, 4.69) is 32.2 Å². The number of nitrogens with one attached hydrogen (secondary N) is 1. The van der Waals surface area contributed by atoms with Gasteiger partial charge in [0.25, 0.3) is 0 Å². The molecule has 2 amide bonds. The van der Waals surface area contributed by atoms with Gasteiger partial charge in [-0.2, -0.15) is 4.31 Å². The van der Waals surface area contributed by atoms with Crippen LogP contribution >= 0.6 is 0 Å². The molecule has 0 unspecified atom stereocenters. The number of hydrogen-bond donors (Lipinski definition) is 1. The number of aryl methyl sites for hydroxylation is 1. The molecule has 0 bridgehead atoms. The average Bonchev–Trinajstić information content (AvgIpc) is 2.54. The number of urea groups is 1. The van der Waals surface area contributed by atoms with Gasteiger partial charge in [0.2, 0.25) is 10.0 Å². The zero-order valence-electron chi connectivity index (χ0n) is 16.2. The molecule has 0 aromatic heterocycles. The first kappa shape index (κ1) is 20.5. The van der Waals surface area contributed by atoms with Crippen LogP contribution in [0.15, 0.2) is 18.2 Å². The minimum atomic E-state index is -3.20. The monoisotopic (exact) mass is 383 g/mol. The summed E-state index contributed by atoms with van der Waals surface area (Å²) in [4.78, 5) is 13.8. The van der Waals surface area contributed by atoms with Crippen molar-refractivity contribution in [3.05, 3.63) is 29.3 Å². The van der Waals surface area contributed by atoms with Crippen LogP contribution < -0.4 is 10.1 Å². The van der Waals surface area contributed by atoms with Crippen molar-refractivity contribution in [2.45, 2.75) is 33.1 Å². The van der Waals surface area contributed by atoms with Crippen LogP contribution in [0.5, 0.6) is 5.75 Å². The van der Waals surface area contributed by atoms with Crippen molar-refractivity contribution in [3.63, 3.8) is 0 Å². The Morgan fingerprint density at radius 1 is 1.19 bits per heavy atom. The molecular weight excluding hydrogens is 354 g/mol. The molecule has 1 aromatic rings. The van der Waals surface area contributed by atoms with Crippen molar-refractivity contribution in [2.75, 3.05) is 39.2 Å². The first-order valence-corrected chi connectivity index (χ1v) is 10.5. The molecule has 2 rings (SSSR count). The second-order valence-corrected chi connectivity index (χ2v) is 9.65. The summed E-state index contributed by atoms with van der Waals surface area (Å²) < 4.78 is 30.2. The van der Waals surface area contributed by atoms with Gasteiger partial charge in [-0.05, 0) is 24.0 Å². The van der Waals surface area contributed by atoms with E-state index >= 15 is 0 Å². The fourth-order valence-electron chi connectivity index (χ4n) is 2.87. The highest BCUT2D eigenvalue weighted by molar-refractivity contribution is 7.88. The van der Waals surface area contributed by atoms with Gasteiger partial charge < -0.3 is 15.0 Å². The largest absolute Gasteiger partial charge is 0.473 e. The first-order chi connectivity index (χ1) is 12.0. The standard InChI is InChI=1S/C18H29N3O4S/c1-14-6-7-16(15(12-14)18(2,3)4)25-13-19-17(22)20-8-10-21(11-9-20)26(5,23)24/h6-7,12H,8-11,13H2,1-5H3,(H,19,22). The predicted molar refractivity (Wildman–Crippen MR) is 102 cm³/mol. The molecule has 1 aliphatic heterocycles. The van der Waals surface area contributed by atoms with Crippen molar-refractivity contribution in [3.8, 4) is 5.75 Å². The predicted octanol–water partition coefficient (Wildman–Crippen LogP) is 1.92. The van der Waals surface area contributed by atoms with Crippen LogP contribution in [-0.4, -0.2) is 62.8 Å². The van der Waals surface area contributed by atoms with Gasteiger partial charge >= 0.3 is 6.03 Å². The first-order valence-electron chi connectivity index (χ1n) is 8.70. The highest BCUT2D eigenvalue weighted by Crippen LogP contribution is 2.31. The van der Waals surface area contributed by atoms with Crippen LogP contribution in [0.4, 0.5) is 4.79 Å². The van der Waals surface area contributed by atoms with E-state index in [4.69, 9.17) is 4.74 Å². The van der Waals surface area contributed by atoms with E-state index in [1.165, 1.54) is 10.6 Å². The molecule has 7 nitrogen and oxygen atoms in total. The molecule has 1 saturated heterocycles. The maximum Gasteiger partial charge on any atom is 0.320 e. The number of sulfonamides is 1. The summed E-state index contributed by atoms with van der Waals surface area (Å²) in [6, 6.07) is 5.76. The second kappa shape index (κ2) is 7.84. The number of nitrogens with zero attached hydrogens (tertiary/aromatic N) is 2. The number of carbonyl (C=O) groups is 1. The van der Waals surface area contributed by atoms with Gasteiger partial charge in [0.05, 0.1) is 6.26 Å². The summed E-state index contributed by atoms with van der Waals surface area (Å²) >= 11 is 0. The van der Waals surface area contributed by atoms with E-state index < -0.39 is 10.0 Å². The van der Waals surface area contributed by atoms with Crippen molar-refractivity contribution in [1.29, 1.82) is 0 Å². The number of rotatable bonds is 4. The SMILES string of the molecule is Cc1ccc(OCNC(=O)N2CCN(S(C)(=O)=O)CC2)c(C(C)(C)C)c1. The van der Waals surface area contributed by atoms with Crippen molar-refractivity contribution in [1.82, 2.24) is 14.5 Å². The molecule has 1 N–H and O–H groups in total. The minimum absolute atomic E-state index is 0.0622. The second-order valence-electron chi connectivity index (χ2n) is 7.67. The topological polar surface area (TPSA) is 79.0 Å². The van der Waals surface area contributed by atoms with E-state index in [1.807, 2.05) is 19.1 Å². The highest BCUT2D eigenvalue weighted by atomic mass is 32.2. The molecular formula is C18H29N3O4S. The molecule has 1 heterocycles. The Labute approximate surface area is 156 Å². The number of ether oxygens (including phenoxy) is 1. The Morgan fingerprint density at radius 2 is 1.81 bits per heavy atom. The third-order valence-electron chi connectivity index (χ3n) is 4.39. The van der Waals surface area contributed by atoms with Crippen LogP contribution in [0.2, 0.25) is 0 Å². The molecule has 0 radical (unpaired) electrons. The third kappa shape index (κ3) is 5.35. The molecule has 0 atom stereocenters. The van der Waals surface area contributed by atoms with Crippen LogP contribution in [-0.2, 0) is 15.4 Å². The van der Waals surface area contributed by atoms with Gasteiger partial charge in [0, 0.05) is 26.2 Å². The Hall–Kier alpha value is -1.80. The summed E-state index contributed by atoms with van der Waals surface area (Å²) in [5.74, 6) is 0.755. The zero-order chi connectivity index (χ0) is 19.5. The average molecular weight is 384 g/mol. The van der Waals surface area contributed by atoms with Gasteiger partial charge in [-0.3, -0.25) is 0 Å². The van der Waals surface area contributed by atoms with Crippen LogP contribution in [0.25, 0.3) is 0 Å². The quantitative estimate of drug-likeness (QED) is 0.806. The smallest absolute Gasteiger partial charge is 0.320 e. The van der Waals surface area contributed by atoms with Gasteiger partial charge in [-0.1, -0.05) is 38.5 Å². The molecule has 8 heteroatoms. The van der Waals surface area contributed by atoms with E-state index in [9.17, 15) is 13.2 Å². The molecule has 0 aliphatic carbocycles.